The van der Waals surface area contributed by atoms with Crippen molar-refractivity contribution >= 4 is 41.8 Å². The molecule has 4 aliphatic rings. The number of carbonyl (C=O) groups excluding carboxylic acids is 5. The quantitative estimate of drug-likeness (QED) is 0.254. The minimum atomic E-state index is -0.984. The summed E-state index contributed by atoms with van der Waals surface area (Å²) in [5.41, 5.74) is 5.10. The second-order valence-electron chi connectivity index (χ2n) is 14.3. The minimum absolute atomic E-state index is 0.0901. The molecule has 2 aromatic carbocycles. The summed E-state index contributed by atoms with van der Waals surface area (Å²) < 4.78 is 1.85. The molecule has 1 N–H and O–H groups in total. The number of nitrogens with zero attached hydrogens (tertiary/aromatic N) is 6. The maximum absolute atomic E-state index is 13.3. The van der Waals surface area contributed by atoms with Crippen molar-refractivity contribution in [2.24, 2.45) is 5.92 Å². The van der Waals surface area contributed by atoms with Crippen molar-refractivity contribution in [1.29, 1.82) is 0 Å². The molecule has 1 atom stereocenters. The number of nitrogens with one attached hydrogen (secondary N) is 1. The number of amides is 4. The zero-order valence-electron chi connectivity index (χ0n) is 28.6. The Kier molecular flexibility index (Phi) is 9.54. The summed E-state index contributed by atoms with van der Waals surface area (Å²) >= 11 is 0. The SMILES string of the molecule is Cc1cc(N2CCN(CC3CCN(c4ccc(-c5cnn(C6(C=O)CCC6)c5)cc4)CC3)CC2)ccc1C(=O)N(C=O)C1CCC(=O)NC1=O. The Labute approximate surface area is 292 Å². The molecule has 4 amide bonds. The Balaban J connectivity index is 0.872. The number of piperazine rings is 1. The van der Waals surface area contributed by atoms with Crippen molar-refractivity contribution in [3.8, 4) is 11.1 Å². The molecule has 50 heavy (non-hydrogen) atoms. The van der Waals surface area contributed by atoms with E-state index in [1.807, 2.05) is 36.1 Å². The molecule has 1 aromatic heterocycles. The Morgan fingerprint density at radius 1 is 0.920 bits per heavy atom. The lowest BCUT2D eigenvalue weighted by Crippen LogP contribution is -2.54. The molecule has 7 rings (SSSR count). The third-order valence-corrected chi connectivity index (χ3v) is 11.2. The molecule has 262 valence electrons. The summed E-state index contributed by atoms with van der Waals surface area (Å²) in [7, 11) is 0. The maximum atomic E-state index is 13.3. The Morgan fingerprint density at radius 2 is 1.62 bits per heavy atom. The summed E-state index contributed by atoms with van der Waals surface area (Å²) in [6.07, 6.45) is 10.6. The lowest BCUT2D eigenvalue weighted by molar-refractivity contribution is -0.139. The standard InChI is InChI=1S/C38H45N7O5/c1-27-21-32(7-8-33(27)37(50)44(26-47)34-9-10-35(48)40-36(34)49)43-19-17-41(18-20-43)23-28-11-15-42(16-12-28)31-5-3-29(4-6-31)30-22-39-45(24-30)38(25-46)13-2-14-38/h3-8,21-22,24-26,28,34H,2,9-20,23H2,1H3,(H,40,48,49). The van der Waals surface area contributed by atoms with E-state index in [9.17, 15) is 24.0 Å². The van der Waals surface area contributed by atoms with E-state index < -0.39 is 29.3 Å². The van der Waals surface area contributed by atoms with Gasteiger partial charge in [0.15, 0.2) is 0 Å². The van der Waals surface area contributed by atoms with Crippen molar-refractivity contribution in [3.63, 3.8) is 0 Å². The molecular weight excluding hydrogens is 634 g/mol. The van der Waals surface area contributed by atoms with Gasteiger partial charge >= 0.3 is 0 Å². The van der Waals surface area contributed by atoms with Crippen LogP contribution >= 0.6 is 0 Å². The smallest absolute Gasteiger partial charge is 0.261 e. The van der Waals surface area contributed by atoms with Crippen LogP contribution in [0.2, 0.25) is 0 Å². The molecule has 0 bridgehead atoms. The number of hydrogen-bond donors (Lipinski definition) is 1. The number of anilines is 2. The van der Waals surface area contributed by atoms with Gasteiger partial charge in [0, 0.05) is 80.9 Å². The van der Waals surface area contributed by atoms with Crippen LogP contribution in [0.3, 0.4) is 0 Å². The first-order valence-electron chi connectivity index (χ1n) is 17.8. The van der Waals surface area contributed by atoms with E-state index in [-0.39, 0.29) is 12.8 Å². The fourth-order valence-electron chi connectivity index (χ4n) is 7.88. The fourth-order valence-corrected chi connectivity index (χ4v) is 7.88. The zero-order valence-corrected chi connectivity index (χ0v) is 28.6. The second-order valence-corrected chi connectivity index (χ2v) is 14.3. The third-order valence-electron chi connectivity index (χ3n) is 11.2. The van der Waals surface area contributed by atoms with Crippen LogP contribution in [-0.4, -0.2) is 102 Å². The predicted octanol–water partition coefficient (Wildman–Crippen LogP) is 3.38. The summed E-state index contributed by atoms with van der Waals surface area (Å²) in [4.78, 5) is 68.9. The van der Waals surface area contributed by atoms with Crippen LogP contribution in [0, 0.1) is 12.8 Å². The van der Waals surface area contributed by atoms with Crippen LogP contribution in [0.1, 0.15) is 60.9 Å². The molecule has 1 aliphatic carbocycles. The minimum Gasteiger partial charge on any atom is -0.372 e. The zero-order chi connectivity index (χ0) is 34.8. The highest BCUT2D eigenvalue weighted by Gasteiger charge is 2.39. The van der Waals surface area contributed by atoms with Crippen LogP contribution in [0.5, 0.6) is 0 Å². The number of imide groups is 2. The Hall–Kier alpha value is -4.84. The maximum Gasteiger partial charge on any atom is 0.261 e. The number of rotatable bonds is 10. The topological polar surface area (TPSA) is 128 Å². The number of carbonyl (C=O) groups is 5. The van der Waals surface area contributed by atoms with Gasteiger partial charge in [0.2, 0.25) is 18.2 Å². The lowest BCUT2D eigenvalue weighted by atomic mass is 9.78. The highest BCUT2D eigenvalue weighted by atomic mass is 16.2. The highest BCUT2D eigenvalue weighted by molar-refractivity contribution is 6.07. The molecule has 3 aliphatic heterocycles. The van der Waals surface area contributed by atoms with E-state index in [1.54, 1.807) is 6.07 Å². The first-order chi connectivity index (χ1) is 24.3. The summed E-state index contributed by atoms with van der Waals surface area (Å²) in [5.74, 6) is -0.884. The molecular formula is C38H45N7O5. The van der Waals surface area contributed by atoms with E-state index in [4.69, 9.17) is 0 Å². The van der Waals surface area contributed by atoms with E-state index in [2.05, 4.69) is 49.4 Å². The van der Waals surface area contributed by atoms with E-state index in [1.165, 1.54) is 5.69 Å². The van der Waals surface area contributed by atoms with Gasteiger partial charge in [-0.05, 0) is 92.8 Å². The third kappa shape index (κ3) is 6.68. The molecule has 4 heterocycles. The van der Waals surface area contributed by atoms with Gasteiger partial charge in [-0.2, -0.15) is 5.10 Å². The largest absolute Gasteiger partial charge is 0.372 e. The summed E-state index contributed by atoms with van der Waals surface area (Å²) in [6, 6.07) is 13.4. The number of hydrogen-bond acceptors (Lipinski definition) is 9. The molecule has 12 nitrogen and oxygen atoms in total. The summed E-state index contributed by atoms with van der Waals surface area (Å²) in [6.45, 7) is 8.75. The highest BCUT2D eigenvalue weighted by Crippen LogP contribution is 2.38. The molecule has 3 saturated heterocycles. The van der Waals surface area contributed by atoms with Crippen LogP contribution in [0.15, 0.2) is 54.9 Å². The molecule has 12 heteroatoms. The Morgan fingerprint density at radius 3 is 2.24 bits per heavy atom. The first-order valence-corrected chi connectivity index (χ1v) is 17.8. The normalized spacial score (nSPS) is 21.3. The van der Waals surface area contributed by atoms with Crippen LogP contribution in [-0.2, 0) is 24.7 Å². The van der Waals surface area contributed by atoms with Gasteiger partial charge < -0.3 is 14.6 Å². The fraction of sp³-hybridized carbons (Fsp3) is 0.474. The van der Waals surface area contributed by atoms with E-state index in [0.717, 1.165) is 111 Å². The van der Waals surface area contributed by atoms with E-state index in [0.29, 0.717) is 17.9 Å². The summed E-state index contributed by atoms with van der Waals surface area (Å²) in [5, 5.41) is 6.73. The monoisotopic (exact) mass is 679 g/mol. The molecule has 3 aromatic rings. The molecule has 0 radical (unpaired) electrons. The van der Waals surface area contributed by atoms with Crippen molar-refractivity contribution in [2.45, 2.75) is 63.5 Å². The average molecular weight is 680 g/mol. The lowest BCUT2D eigenvalue weighted by Gasteiger charge is -2.40. The Bertz CT molecular complexity index is 1750. The van der Waals surface area contributed by atoms with Gasteiger partial charge in [-0.3, -0.25) is 39.0 Å². The van der Waals surface area contributed by atoms with Crippen LogP contribution < -0.4 is 15.1 Å². The van der Waals surface area contributed by atoms with Crippen molar-refractivity contribution in [2.75, 3.05) is 55.6 Å². The number of benzene rings is 2. The van der Waals surface area contributed by atoms with Crippen molar-refractivity contribution < 1.29 is 24.0 Å². The number of aromatic nitrogens is 2. The molecule has 1 saturated carbocycles. The second kappa shape index (κ2) is 14.2. The predicted molar refractivity (Wildman–Crippen MR) is 189 cm³/mol. The van der Waals surface area contributed by atoms with Gasteiger partial charge in [-0.1, -0.05) is 12.1 Å². The van der Waals surface area contributed by atoms with Gasteiger partial charge in [-0.25, -0.2) is 0 Å². The van der Waals surface area contributed by atoms with Crippen LogP contribution in [0.25, 0.3) is 11.1 Å². The van der Waals surface area contributed by atoms with Gasteiger partial charge in [0.05, 0.1) is 6.20 Å². The number of aldehydes is 1. The first kappa shape index (κ1) is 33.6. The average Bonchev–Trinajstić information content (AvgIpc) is 3.60. The van der Waals surface area contributed by atoms with Gasteiger partial charge in [0.1, 0.15) is 17.9 Å². The molecule has 0 spiro atoms. The van der Waals surface area contributed by atoms with Gasteiger partial charge in [-0.15, -0.1) is 0 Å². The van der Waals surface area contributed by atoms with Crippen LogP contribution in [0.4, 0.5) is 11.4 Å². The molecule has 4 fully saturated rings. The van der Waals surface area contributed by atoms with Crippen molar-refractivity contribution in [1.82, 2.24) is 24.9 Å². The molecule has 1 unspecified atom stereocenters. The van der Waals surface area contributed by atoms with Gasteiger partial charge in [0.25, 0.3) is 5.91 Å². The number of aryl methyl sites for hydroxylation is 1. The van der Waals surface area contributed by atoms with Crippen molar-refractivity contribution in [3.05, 3.63) is 66.0 Å². The number of piperidine rings is 2. The van der Waals surface area contributed by atoms with E-state index >= 15 is 0 Å².